The molecule has 0 aliphatic rings. The molecule has 3 aromatic rings. The summed E-state index contributed by atoms with van der Waals surface area (Å²) < 4.78 is 1.67. The molecule has 0 radical (unpaired) electrons. The molecular formula is C15H9Cl2N3O2. The van der Waals surface area contributed by atoms with Gasteiger partial charge in [0, 0.05) is 11.6 Å². The highest BCUT2D eigenvalue weighted by Crippen LogP contribution is 2.37. The third-order valence-electron chi connectivity index (χ3n) is 3.15. The molecular weight excluding hydrogens is 325 g/mol. The first-order valence-electron chi connectivity index (χ1n) is 6.31. The maximum absolute atomic E-state index is 11.1. The Bertz CT molecular complexity index is 847. The van der Waals surface area contributed by atoms with Crippen molar-refractivity contribution in [3.63, 3.8) is 0 Å². The Kier molecular flexibility index (Phi) is 3.83. The SMILES string of the molecule is O=[N+]([O-])c1cc(-c2ccnn2-c2ccccc2)c(Cl)cc1Cl. The number of rotatable bonds is 3. The number of nitro benzene ring substituents is 1. The van der Waals surface area contributed by atoms with Crippen molar-refractivity contribution in [1.29, 1.82) is 0 Å². The van der Waals surface area contributed by atoms with Gasteiger partial charge in [0.05, 0.1) is 27.5 Å². The zero-order valence-electron chi connectivity index (χ0n) is 11.1. The van der Waals surface area contributed by atoms with Gasteiger partial charge in [0.1, 0.15) is 5.02 Å². The van der Waals surface area contributed by atoms with E-state index in [-0.39, 0.29) is 10.7 Å². The molecule has 110 valence electrons. The molecule has 7 heteroatoms. The van der Waals surface area contributed by atoms with Crippen LogP contribution < -0.4 is 0 Å². The van der Waals surface area contributed by atoms with Gasteiger partial charge < -0.3 is 0 Å². The highest BCUT2D eigenvalue weighted by atomic mass is 35.5. The van der Waals surface area contributed by atoms with Crippen LogP contribution in [-0.4, -0.2) is 14.7 Å². The van der Waals surface area contributed by atoms with Crippen LogP contribution in [-0.2, 0) is 0 Å². The monoisotopic (exact) mass is 333 g/mol. The van der Waals surface area contributed by atoms with Gasteiger partial charge >= 0.3 is 0 Å². The molecule has 1 heterocycles. The molecule has 22 heavy (non-hydrogen) atoms. The quantitative estimate of drug-likeness (QED) is 0.513. The van der Waals surface area contributed by atoms with E-state index in [1.54, 1.807) is 16.9 Å². The van der Waals surface area contributed by atoms with Gasteiger partial charge in [-0.15, -0.1) is 0 Å². The van der Waals surface area contributed by atoms with Gasteiger partial charge in [0.2, 0.25) is 0 Å². The predicted octanol–water partition coefficient (Wildman–Crippen LogP) is 4.75. The Morgan fingerprint density at radius 3 is 2.45 bits per heavy atom. The van der Waals surface area contributed by atoms with Crippen LogP contribution >= 0.6 is 23.2 Å². The third-order valence-corrected chi connectivity index (χ3v) is 3.77. The van der Waals surface area contributed by atoms with Gasteiger partial charge in [-0.25, -0.2) is 4.68 Å². The molecule has 0 fully saturated rings. The summed E-state index contributed by atoms with van der Waals surface area (Å²) in [6.45, 7) is 0. The Morgan fingerprint density at radius 2 is 1.77 bits per heavy atom. The van der Waals surface area contributed by atoms with E-state index in [1.165, 1.54) is 12.1 Å². The summed E-state index contributed by atoms with van der Waals surface area (Å²) in [5.41, 5.74) is 1.79. The fourth-order valence-corrected chi connectivity index (χ4v) is 2.70. The van der Waals surface area contributed by atoms with Crippen molar-refractivity contribution in [2.24, 2.45) is 0 Å². The number of aromatic nitrogens is 2. The molecule has 1 aromatic heterocycles. The molecule has 0 saturated carbocycles. The van der Waals surface area contributed by atoms with E-state index in [2.05, 4.69) is 5.10 Å². The molecule has 0 N–H and O–H groups in total. The fraction of sp³-hybridized carbons (Fsp3) is 0. The first-order valence-corrected chi connectivity index (χ1v) is 7.07. The number of hydrogen-bond donors (Lipinski definition) is 0. The minimum absolute atomic E-state index is 0.00419. The van der Waals surface area contributed by atoms with Crippen LogP contribution in [0.5, 0.6) is 0 Å². The van der Waals surface area contributed by atoms with Crippen molar-refractivity contribution in [2.45, 2.75) is 0 Å². The lowest BCUT2D eigenvalue weighted by molar-refractivity contribution is -0.384. The van der Waals surface area contributed by atoms with Crippen molar-refractivity contribution >= 4 is 28.9 Å². The van der Waals surface area contributed by atoms with Gasteiger partial charge in [-0.2, -0.15) is 5.10 Å². The van der Waals surface area contributed by atoms with Crippen LogP contribution in [0.4, 0.5) is 5.69 Å². The van der Waals surface area contributed by atoms with Crippen molar-refractivity contribution in [3.05, 3.63) is 74.9 Å². The van der Waals surface area contributed by atoms with E-state index in [0.29, 0.717) is 16.3 Å². The van der Waals surface area contributed by atoms with E-state index in [9.17, 15) is 10.1 Å². The van der Waals surface area contributed by atoms with Crippen LogP contribution in [0.25, 0.3) is 16.9 Å². The smallest absolute Gasteiger partial charge is 0.258 e. The van der Waals surface area contributed by atoms with Crippen LogP contribution in [0.1, 0.15) is 0 Å². The minimum atomic E-state index is -0.536. The van der Waals surface area contributed by atoms with E-state index in [4.69, 9.17) is 23.2 Å². The lowest BCUT2D eigenvalue weighted by Crippen LogP contribution is -1.99. The minimum Gasteiger partial charge on any atom is -0.258 e. The number of hydrogen-bond acceptors (Lipinski definition) is 3. The Labute approximate surface area is 135 Å². The molecule has 2 aromatic carbocycles. The molecule has 0 spiro atoms. The second-order valence-corrected chi connectivity index (χ2v) is 5.32. The highest BCUT2D eigenvalue weighted by molar-refractivity contribution is 6.37. The average Bonchev–Trinajstić information content (AvgIpc) is 2.97. The van der Waals surface area contributed by atoms with E-state index in [1.807, 2.05) is 30.3 Å². The summed E-state index contributed by atoms with van der Waals surface area (Å²) in [6.07, 6.45) is 1.61. The van der Waals surface area contributed by atoms with E-state index in [0.717, 1.165) is 5.69 Å². The standard InChI is InChI=1S/C15H9Cl2N3O2/c16-12-9-13(17)15(20(21)22)8-11(12)14-6-7-18-19(14)10-4-2-1-3-5-10/h1-9H. The fourth-order valence-electron chi connectivity index (χ4n) is 2.16. The van der Waals surface area contributed by atoms with Gasteiger partial charge in [-0.05, 0) is 24.3 Å². The molecule has 5 nitrogen and oxygen atoms in total. The van der Waals surface area contributed by atoms with Crippen molar-refractivity contribution in [2.75, 3.05) is 0 Å². The zero-order valence-corrected chi connectivity index (χ0v) is 12.6. The molecule has 0 saturated heterocycles. The maximum Gasteiger partial charge on any atom is 0.288 e. The molecule has 0 unspecified atom stereocenters. The largest absolute Gasteiger partial charge is 0.288 e. The Morgan fingerprint density at radius 1 is 1.05 bits per heavy atom. The number of nitro groups is 1. The number of benzene rings is 2. The first kappa shape index (κ1) is 14.6. The summed E-state index contributed by atoms with van der Waals surface area (Å²) >= 11 is 12.1. The van der Waals surface area contributed by atoms with Crippen LogP contribution in [0, 0.1) is 10.1 Å². The summed E-state index contributed by atoms with van der Waals surface area (Å²) in [7, 11) is 0. The Balaban J connectivity index is 2.20. The zero-order chi connectivity index (χ0) is 15.7. The van der Waals surface area contributed by atoms with Crippen LogP contribution in [0.3, 0.4) is 0 Å². The number of para-hydroxylation sites is 1. The summed E-state index contributed by atoms with van der Waals surface area (Å²) in [5, 5.41) is 15.7. The highest BCUT2D eigenvalue weighted by Gasteiger charge is 2.19. The number of halogens is 2. The van der Waals surface area contributed by atoms with Crippen LogP contribution in [0.15, 0.2) is 54.7 Å². The predicted molar refractivity (Wildman–Crippen MR) is 85.7 cm³/mol. The topological polar surface area (TPSA) is 61.0 Å². The van der Waals surface area contributed by atoms with Gasteiger partial charge in [0.25, 0.3) is 5.69 Å². The number of nitrogens with zero attached hydrogens (tertiary/aromatic N) is 3. The summed E-state index contributed by atoms with van der Waals surface area (Å²) in [6, 6.07) is 13.9. The molecule has 0 aliphatic heterocycles. The van der Waals surface area contributed by atoms with Crippen molar-refractivity contribution < 1.29 is 4.92 Å². The second kappa shape index (κ2) is 5.79. The van der Waals surface area contributed by atoms with Crippen molar-refractivity contribution in [1.82, 2.24) is 9.78 Å². The molecule has 3 rings (SSSR count). The van der Waals surface area contributed by atoms with Gasteiger partial charge in [0.15, 0.2) is 0 Å². The molecule has 0 atom stereocenters. The first-order chi connectivity index (χ1) is 10.6. The van der Waals surface area contributed by atoms with Crippen molar-refractivity contribution in [3.8, 4) is 16.9 Å². The maximum atomic E-state index is 11.1. The normalized spacial score (nSPS) is 10.6. The van der Waals surface area contributed by atoms with E-state index < -0.39 is 4.92 Å². The Hall–Kier alpha value is -2.37. The molecule has 0 amide bonds. The average molecular weight is 334 g/mol. The summed E-state index contributed by atoms with van der Waals surface area (Å²) in [4.78, 5) is 10.5. The van der Waals surface area contributed by atoms with Gasteiger partial charge in [-0.3, -0.25) is 10.1 Å². The lowest BCUT2D eigenvalue weighted by atomic mass is 10.1. The van der Waals surface area contributed by atoms with Crippen LogP contribution in [0.2, 0.25) is 10.0 Å². The second-order valence-electron chi connectivity index (χ2n) is 4.50. The third kappa shape index (κ3) is 2.56. The lowest BCUT2D eigenvalue weighted by Gasteiger charge is -2.09. The summed E-state index contributed by atoms with van der Waals surface area (Å²) in [5.74, 6) is 0. The molecule has 0 aliphatic carbocycles. The van der Waals surface area contributed by atoms with Gasteiger partial charge in [-0.1, -0.05) is 41.4 Å². The van der Waals surface area contributed by atoms with E-state index >= 15 is 0 Å². The molecule has 0 bridgehead atoms.